The molecule has 0 aromatic carbocycles. The SMILES string of the molecule is COc1c(C)cnc(CCl)c1C.COc1c(C)cnc(CO)c1C.Cl. The molecule has 5 nitrogen and oxygen atoms in total. The molecule has 2 rings (SSSR count). The van der Waals surface area contributed by atoms with Gasteiger partial charge in [0.05, 0.1) is 38.1 Å². The second-order valence-electron chi connectivity index (χ2n) is 5.38. The summed E-state index contributed by atoms with van der Waals surface area (Å²) in [7, 11) is 3.28. The van der Waals surface area contributed by atoms with E-state index in [0.717, 1.165) is 39.4 Å². The molecule has 0 radical (unpaired) electrons. The van der Waals surface area contributed by atoms with E-state index in [0.29, 0.717) is 11.6 Å². The van der Waals surface area contributed by atoms with Gasteiger partial charge in [0.1, 0.15) is 11.5 Å². The van der Waals surface area contributed by atoms with Crippen molar-refractivity contribution in [2.45, 2.75) is 40.2 Å². The maximum atomic E-state index is 8.91. The van der Waals surface area contributed by atoms with Crippen molar-refractivity contribution in [3.8, 4) is 11.5 Å². The number of rotatable bonds is 4. The van der Waals surface area contributed by atoms with Crippen molar-refractivity contribution in [1.82, 2.24) is 9.97 Å². The van der Waals surface area contributed by atoms with E-state index in [4.69, 9.17) is 26.2 Å². The molecule has 0 aliphatic heterocycles. The number of methoxy groups -OCH3 is 2. The van der Waals surface area contributed by atoms with Crippen molar-refractivity contribution in [2.24, 2.45) is 0 Å². The highest BCUT2D eigenvalue weighted by Gasteiger charge is 2.08. The van der Waals surface area contributed by atoms with E-state index in [1.807, 2.05) is 27.7 Å². The molecule has 0 amide bonds. The van der Waals surface area contributed by atoms with Gasteiger partial charge in [-0.2, -0.15) is 0 Å². The third-order valence-corrected chi connectivity index (χ3v) is 4.03. The molecule has 140 valence electrons. The van der Waals surface area contributed by atoms with Crippen LogP contribution >= 0.6 is 24.0 Å². The number of aliphatic hydroxyl groups excluding tert-OH is 1. The van der Waals surface area contributed by atoms with E-state index in [9.17, 15) is 0 Å². The van der Waals surface area contributed by atoms with Crippen molar-refractivity contribution in [1.29, 1.82) is 0 Å². The number of nitrogens with zero attached hydrogens (tertiary/aromatic N) is 2. The zero-order chi connectivity index (χ0) is 18.3. The summed E-state index contributed by atoms with van der Waals surface area (Å²) in [5.74, 6) is 2.14. The normalized spacial score (nSPS) is 9.60. The zero-order valence-corrected chi connectivity index (χ0v) is 17.1. The van der Waals surface area contributed by atoms with Crippen LogP contribution in [0.15, 0.2) is 12.4 Å². The molecule has 0 fully saturated rings. The highest BCUT2D eigenvalue weighted by atomic mass is 35.5. The Morgan fingerprint density at radius 3 is 1.64 bits per heavy atom. The van der Waals surface area contributed by atoms with E-state index < -0.39 is 0 Å². The van der Waals surface area contributed by atoms with E-state index in [1.165, 1.54) is 0 Å². The van der Waals surface area contributed by atoms with Gasteiger partial charge in [-0.05, 0) is 27.7 Å². The third kappa shape index (κ3) is 5.73. The monoisotopic (exact) mass is 388 g/mol. The highest BCUT2D eigenvalue weighted by Crippen LogP contribution is 2.24. The van der Waals surface area contributed by atoms with Gasteiger partial charge in [0.25, 0.3) is 0 Å². The van der Waals surface area contributed by atoms with E-state index >= 15 is 0 Å². The van der Waals surface area contributed by atoms with E-state index in [-0.39, 0.29) is 19.0 Å². The molecule has 0 saturated carbocycles. The van der Waals surface area contributed by atoms with Crippen molar-refractivity contribution in [3.05, 3.63) is 46.0 Å². The van der Waals surface area contributed by atoms with Crippen LogP contribution in [-0.4, -0.2) is 29.3 Å². The number of aryl methyl sites for hydroxylation is 2. The Hall–Kier alpha value is -1.56. The first-order valence-corrected chi connectivity index (χ1v) is 8.09. The zero-order valence-electron chi connectivity index (χ0n) is 15.5. The summed E-state index contributed by atoms with van der Waals surface area (Å²) >= 11 is 5.70. The molecule has 0 bridgehead atoms. The second-order valence-corrected chi connectivity index (χ2v) is 5.65. The molecule has 0 aliphatic rings. The molecule has 2 aromatic heterocycles. The predicted molar refractivity (Wildman–Crippen MR) is 103 cm³/mol. The van der Waals surface area contributed by atoms with Crippen LogP contribution in [0, 0.1) is 27.7 Å². The standard InChI is InChI=1S/C9H12ClNO.C9H13NO2.ClH/c1-6-5-11-8(4-10)7(2)9(6)12-3;1-6-4-10-8(5-11)7(2)9(6)12-3;/h5H,4H2,1-3H3;4,11H,5H2,1-3H3;1H. The minimum atomic E-state index is -0.0392. The lowest BCUT2D eigenvalue weighted by Crippen LogP contribution is -1.99. The van der Waals surface area contributed by atoms with Crippen LogP contribution in [-0.2, 0) is 12.5 Å². The summed E-state index contributed by atoms with van der Waals surface area (Å²) in [6.45, 7) is 7.72. The lowest BCUT2D eigenvalue weighted by molar-refractivity contribution is 0.274. The van der Waals surface area contributed by atoms with Gasteiger partial charge in [0.15, 0.2) is 0 Å². The van der Waals surface area contributed by atoms with Crippen LogP contribution in [0.5, 0.6) is 11.5 Å². The first-order chi connectivity index (χ1) is 11.4. The average Bonchev–Trinajstić information content (AvgIpc) is 2.57. The smallest absolute Gasteiger partial charge is 0.128 e. The summed E-state index contributed by atoms with van der Waals surface area (Å²) in [6.07, 6.45) is 3.49. The van der Waals surface area contributed by atoms with Crippen LogP contribution < -0.4 is 9.47 Å². The van der Waals surface area contributed by atoms with E-state index in [2.05, 4.69) is 9.97 Å². The maximum Gasteiger partial charge on any atom is 0.128 e. The average molecular weight is 389 g/mol. The number of aromatic nitrogens is 2. The summed E-state index contributed by atoms with van der Waals surface area (Å²) in [5.41, 5.74) is 5.56. The van der Waals surface area contributed by atoms with Crippen LogP contribution in [0.1, 0.15) is 33.6 Å². The molecule has 0 unspecified atom stereocenters. The summed E-state index contributed by atoms with van der Waals surface area (Å²) in [6, 6.07) is 0. The number of aliphatic hydroxyl groups is 1. The summed E-state index contributed by atoms with van der Waals surface area (Å²) < 4.78 is 10.4. The topological polar surface area (TPSA) is 64.5 Å². The first-order valence-electron chi connectivity index (χ1n) is 7.56. The third-order valence-electron chi connectivity index (χ3n) is 3.78. The van der Waals surface area contributed by atoms with E-state index in [1.54, 1.807) is 26.6 Å². The fourth-order valence-electron chi connectivity index (χ4n) is 2.44. The quantitative estimate of drug-likeness (QED) is 0.799. The number of ether oxygens (including phenoxy) is 2. The van der Waals surface area contributed by atoms with Gasteiger partial charge in [-0.1, -0.05) is 0 Å². The molecule has 0 spiro atoms. The van der Waals surface area contributed by atoms with Gasteiger partial charge in [0, 0.05) is 34.6 Å². The molecule has 2 aromatic rings. The number of alkyl halides is 1. The van der Waals surface area contributed by atoms with Crippen molar-refractivity contribution >= 4 is 24.0 Å². The lowest BCUT2D eigenvalue weighted by atomic mass is 10.1. The summed E-state index contributed by atoms with van der Waals surface area (Å²) in [5, 5.41) is 8.91. The Morgan fingerprint density at radius 1 is 0.880 bits per heavy atom. The number of halogens is 2. The Bertz CT molecular complexity index is 635. The molecule has 0 atom stereocenters. The minimum Gasteiger partial charge on any atom is -0.496 e. The molecule has 7 heteroatoms. The summed E-state index contributed by atoms with van der Waals surface area (Å²) in [4.78, 5) is 8.27. The van der Waals surface area contributed by atoms with Crippen molar-refractivity contribution in [3.63, 3.8) is 0 Å². The highest BCUT2D eigenvalue weighted by molar-refractivity contribution is 6.17. The Kier molecular flexibility index (Phi) is 10.4. The van der Waals surface area contributed by atoms with Crippen molar-refractivity contribution < 1.29 is 14.6 Å². The first kappa shape index (κ1) is 23.4. The minimum absolute atomic E-state index is 0. The molecule has 0 aliphatic carbocycles. The maximum absolute atomic E-state index is 8.91. The molecule has 0 saturated heterocycles. The van der Waals surface area contributed by atoms with Crippen LogP contribution in [0.25, 0.3) is 0 Å². The van der Waals surface area contributed by atoms with Crippen LogP contribution in [0.4, 0.5) is 0 Å². The fraction of sp³-hybridized carbons (Fsp3) is 0.444. The molecular formula is C18H26Cl2N2O3. The Morgan fingerprint density at radius 2 is 1.28 bits per heavy atom. The lowest BCUT2D eigenvalue weighted by Gasteiger charge is -2.10. The number of hydrogen-bond acceptors (Lipinski definition) is 5. The van der Waals surface area contributed by atoms with Gasteiger partial charge in [-0.3, -0.25) is 9.97 Å². The molecule has 2 heterocycles. The molecule has 25 heavy (non-hydrogen) atoms. The molecular weight excluding hydrogens is 363 g/mol. The van der Waals surface area contributed by atoms with Gasteiger partial charge in [0.2, 0.25) is 0 Å². The van der Waals surface area contributed by atoms with Crippen LogP contribution in [0.2, 0.25) is 0 Å². The Labute approximate surface area is 160 Å². The van der Waals surface area contributed by atoms with Gasteiger partial charge in [-0.25, -0.2) is 0 Å². The van der Waals surface area contributed by atoms with Gasteiger partial charge >= 0.3 is 0 Å². The fourth-order valence-corrected chi connectivity index (χ4v) is 2.71. The van der Waals surface area contributed by atoms with Crippen LogP contribution in [0.3, 0.4) is 0 Å². The Balaban J connectivity index is 0.000000443. The largest absolute Gasteiger partial charge is 0.496 e. The van der Waals surface area contributed by atoms with Gasteiger partial charge in [-0.15, -0.1) is 24.0 Å². The molecule has 1 N–H and O–H groups in total. The number of pyridine rings is 2. The van der Waals surface area contributed by atoms with Gasteiger partial charge < -0.3 is 14.6 Å². The second kappa shape index (κ2) is 11.1. The number of hydrogen-bond donors (Lipinski definition) is 1. The predicted octanol–water partition coefficient (Wildman–Crippen LogP) is 4.07. The van der Waals surface area contributed by atoms with Crippen molar-refractivity contribution in [2.75, 3.05) is 14.2 Å².